The van der Waals surface area contributed by atoms with E-state index in [0.717, 1.165) is 9.35 Å². The molecule has 1 aromatic rings. The largest absolute Gasteiger partial charge is 0.143 e. The first-order valence-corrected chi connectivity index (χ1v) is 4.37. The molecule has 0 unspecified atom stereocenters. The standard InChI is InChI=1S/C8H5BrS/c1-2-3-4-8-7(9)5-6-10-8/h1,3-6H/b4-3-. The molecule has 50 valence electrons. The fourth-order valence-electron chi connectivity index (χ4n) is 0.548. The molecule has 10 heavy (non-hydrogen) atoms. The molecule has 1 rings (SSSR count). The van der Waals surface area contributed by atoms with Gasteiger partial charge in [-0.25, -0.2) is 0 Å². The van der Waals surface area contributed by atoms with Crippen molar-refractivity contribution >= 4 is 33.3 Å². The molecule has 0 aliphatic carbocycles. The maximum Gasteiger partial charge on any atom is 0.0418 e. The minimum Gasteiger partial charge on any atom is -0.143 e. The van der Waals surface area contributed by atoms with Crippen molar-refractivity contribution < 1.29 is 0 Å². The Morgan fingerprint density at radius 3 is 3.00 bits per heavy atom. The van der Waals surface area contributed by atoms with Gasteiger partial charge in [0.2, 0.25) is 0 Å². The lowest BCUT2D eigenvalue weighted by Crippen LogP contribution is -1.58. The minimum atomic E-state index is 1.10. The third-order valence-electron chi connectivity index (χ3n) is 0.976. The molecule has 0 amide bonds. The highest BCUT2D eigenvalue weighted by molar-refractivity contribution is 9.10. The average molecular weight is 213 g/mol. The summed E-state index contributed by atoms with van der Waals surface area (Å²) in [7, 11) is 0. The van der Waals surface area contributed by atoms with Crippen LogP contribution < -0.4 is 0 Å². The Bertz CT molecular complexity index is 278. The van der Waals surface area contributed by atoms with Gasteiger partial charge < -0.3 is 0 Å². The van der Waals surface area contributed by atoms with Gasteiger partial charge in [-0.05, 0) is 39.5 Å². The average Bonchev–Trinajstić information content (AvgIpc) is 2.31. The van der Waals surface area contributed by atoms with Crippen molar-refractivity contribution in [3.8, 4) is 12.3 Å². The Balaban J connectivity index is 2.87. The van der Waals surface area contributed by atoms with Crippen LogP contribution >= 0.6 is 27.3 Å². The van der Waals surface area contributed by atoms with Crippen LogP contribution in [0.15, 0.2) is 22.0 Å². The third kappa shape index (κ3) is 1.73. The van der Waals surface area contributed by atoms with Crippen LogP contribution in [0.5, 0.6) is 0 Å². The summed E-state index contributed by atoms with van der Waals surface area (Å²) >= 11 is 5.05. The van der Waals surface area contributed by atoms with E-state index in [2.05, 4.69) is 21.9 Å². The number of hydrogen-bond donors (Lipinski definition) is 0. The molecule has 0 aliphatic heterocycles. The second kappa shape index (κ2) is 3.60. The lowest BCUT2D eigenvalue weighted by Gasteiger charge is -1.82. The number of allylic oxidation sites excluding steroid dienone is 1. The summed E-state index contributed by atoms with van der Waals surface area (Å²) in [6.07, 6.45) is 8.65. The Kier molecular flexibility index (Phi) is 2.73. The molecule has 0 radical (unpaired) electrons. The number of thiophene rings is 1. The fourth-order valence-corrected chi connectivity index (χ4v) is 1.95. The van der Waals surface area contributed by atoms with Crippen LogP contribution in [-0.2, 0) is 0 Å². The van der Waals surface area contributed by atoms with Crippen molar-refractivity contribution in [1.82, 2.24) is 0 Å². The molecule has 0 saturated carbocycles. The van der Waals surface area contributed by atoms with Crippen LogP contribution in [0.25, 0.3) is 6.08 Å². The summed E-state index contributed by atoms with van der Waals surface area (Å²) in [5, 5.41) is 2.01. The number of hydrogen-bond acceptors (Lipinski definition) is 1. The summed E-state index contributed by atoms with van der Waals surface area (Å²) in [5.41, 5.74) is 0. The van der Waals surface area contributed by atoms with E-state index < -0.39 is 0 Å². The molecule has 2 heteroatoms. The highest BCUT2D eigenvalue weighted by Gasteiger charge is 1.93. The molecule has 1 aromatic heterocycles. The molecular weight excluding hydrogens is 208 g/mol. The van der Waals surface area contributed by atoms with Gasteiger partial charge in [-0.1, -0.05) is 5.92 Å². The molecular formula is C8H5BrS. The third-order valence-corrected chi connectivity index (χ3v) is 2.81. The summed E-state index contributed by atoms with van der Waals surface area (Å²) in [5.74, 6) is 2.44. The zero-order valence-corrected chi connectivity index (χ0v) is 7.58. The highest BCUT2D eigenvalue weighted by Crippen LogP contribution is 2.23. The quantitative estimate of drug-likeness (QED) is 0.628. The van der Waals surface area contributed by atoms with Crippen molar-refractivity contribution in [3.63, 3.8) is 0 Å². The number of rotatable bonds is 1. The molecule has 0 spiro atoms. The van der Waals surface area contributed by atoms with Crippen LogP contribution in [0.3, 0.4) is 0 Å². The predicted molar refractivity (Wildman–Crippen MR) is 49.9 cm³/mol. The van der Waals surface area contributed by atoms with Gasteiger partial charge in [0.15, 0.2) is 0 Å². The van der Waals surface area contributed by atoms with E-state index in [1.54, 1.807) is 17.4 Å². The molecule has 0 atom stereocenters. The maximum atomic E-state index is 5.05. The van der Waals surface area contributed by atoms with E-state index in [9.17, 15) is 0 Å². The van der Waals surface area contributed by atoms with Crippen LogP contribution in [-0.4, -0.2) is 0 Å². The van der Waals surface area contributed by atoms with E-state index in [1.165, 1.54) is 0 Å². The van der Waals surface area contributed by atoms with E-state index in [4.69, 9.17) is 6.42 Å². The van der Waals surface area contributed by atoms with E-state index >= 15 is 0 Å². The zero-order chi connectivity index (χ0) is 7.40. The fraction of sp³-hybridized carbons (Fsp3) is 0. The molecule has 0 saturated heterocycles. The molecule has 0 aliphatic rings. The monoisotopic (exact) mass is 212 g/mol. The SMILES string of the molecule is C#C/C=C\c1sccc1Br. The Morgan fingerprint density at radius 2 is 2.50 bits per heavy atom. The second-order valence-electron chi connectivity index (χ2n) is 1.63. The summed E-state index contributed by atoms with van der Waals surface area (Å²) in [6.45, 7) is 0. The van der Waals surface area contributed by atoms with E-state index in [1.807, 2.05) is 17.5 Å². The van der Waals surface area contributed by atoms with Gasteiger partial charge in [0.25, 0.3) is 0 Å². The van der Waals surface area contributed by atoms with Gasteiger partial charge in [-0.15, -0.1) is 17.8 Å². The van der Waals surface area contributed by atoms with Gasteiger partial charge in [0, 0.05) is 9.35 Å². The number of terminal acetylenes is 1. The lowest BCUT2D eigenvalue weighted by molar-refractivity contribution is 1.84. The summed E-state index contributed by atoms with van der Waals surface area (Å²) in [4.78, 5) is 1.16. The summed E-state index contributed by atoms with van der Waals surface area (Å²) in [6, 6.07) is 2.00. The molecule has 0 bridgehead atoms. The van der Waals surface area contributed by atoms with Gasteiger partial charge >= 0.3 is 0 Å². The van der Waals surface area contributed by atoms with Crippen LogP contribution in [0.1, 0.15) is 4.88 Å². The first-order chi connectivity index (χ1) is 4.84. The first kappa shape index (κ1) is 7.59. The molecule has 0 fully saturated rings. The van der Waals surface area contributed by atoms with Crippen LogP contribution in [0.4, 0.5) is 0 Å². The predicted octanol–water partition coefficient (Wildman–Crippen LogP) is 3.16. The van der Waals surface area contributed by atoms with Gasteiger partial charge in [-0.2, -0.15) is 0 Å². The van der Waals surface area contributed by atoms with Crippen molar-refractivity contribution in [1.29, 1.82) is 0 Å². The molecule has 0 N–H and O–H groups in total. The van der Waals surface area contributed by atoms with E-state index in [-0.39, 0.29) is 0 Å². The summed E-state index contributed by atoms with van der Waals surface area (Å²) < 4.78 is 1.10. The Morgan fingerprint density at radius 1 is 1.70 bits per heavy atom. The highest BCUT2D eigenvalue weighted by atomic mass is 79.9. The van der Waals surface area contributed by atoms with Gasteiger partial charge in [0.1, 0.15) is 0 Å². The van der Waals surface area contributed by atoms with Crippen molar-refractivity contribution in [2.24, 2.45) is 0 Å². The zero-order valence-electron chi connectivity index (χ0n) is 5.17. The van der Waals surface area contributed by atoms with E-state index in [0.29, 0.717) is 0 Å². The lowest BCUT2D eigenvalue weighted by atomic mass is 10.4. The van der Waals surface area contributed by atoms with Crippen LogP contribution in [0, 0.1) is 12.3 Å². The normalized spacial score (nSPS) is 10.0. The maximum absolute atomic E-state index is 5.05. The smallest absolute Gasteiger partial charge is 0.0418 e. The Hall–Kier alpha value is -0.520. The molecule has 1 heterocycles. The van der Waals surface area contributed by atoms with Crippen molar-refractivity contribution in [2.45, 2.75) is 0 Å². The van der Waals surface area contributed by atoms with Crippen molar-refractivity contribution in [3.05, 3.63) is 26.9 Å². The van der Waals surface area contributed by atoms with Crippen LogP contribution in [0.2, 0.25) is 0 Å². The van der Waals surface area contributed by atoms with Gasteiger partial charge in [-0.3, -0.25) is 0 Å². The minimum absolute atomic E-state index is 1.10. The second-order valence-corrected chi connectivity index (χ2v) is 3.43. The van der Waals surface area contributed by atoms with Crippen molar-refractivity contribution in [2.75, 3.05) is 0 Å². The topological polar surface area (TPSA) is 0 Å². The van der Waals surface area contributed by atoms with Gasteiger partial charge in [0.05, 0.1) is 0 Å². The Labute approximate surface area is 72.7 Å². The number of halogens is 1. The first-order valence-electron chi connectivity index (χ1n) is 2.70. The molecule has 0 nitrogen and oxygen atoms in total. The molecule has 0 aromatic carbocycles.